The molecular formula is C14H17N3S. The van der Waals surface area contributed by atoms with Crippen LogP contribution in [0.2, 0.25) is 0 Å². The lowest BCUT2D eigenvalue weighted by Gasteiger charge is -2.07. The third kappa shape index (κ3) is 1.71. The summed E-state index contributed by atoms with van der Waals surface area (Å²) in [6.07, 6.45) is 4.80. The van der Waals surface area contributed by atoms with E-state index < -0.39 is 0 Å². The highest BCUT2D eigenvalue weighted by Crippen LogP contribution is 2.41. The number of fused-ring (bicyclic) bond motifs is 1. The quantitative estimate of drug-likeness (QED) is 0.898. The summed E-state index contributed by atoms with van der Waals surface area (Å²) in [5.74, 6) is 0. The highest BCUT2D eigenvalue weighted by atomic mass is 32.1. The molecule has 4 heteroatoms. The van der Waals surface area contributed by atoms with Crippen LogP contribution in [0.15, 0.2) is 16.8 Å². The van der Waals surface area contributed by atoms with Crippen LogP contribution in [0, 0.1) is 0 Å². The fourth-order valence-corrected chi connectivity index (χ4v) is 3.45. The average Bonchev–Trinajstić information content (AvgIpc) is 3.04. The van der Waals surface area contributed by atoms with Gasteiger partial charge in [0.25, 0.3) is 0 Å². The highest BCUT2D eigenvalue weighted by molar-refractivity contribution is 7.08. The van der Waals surface area contributed by atoms with Gasteiger partial charge in [0.2, 0.25) is 0 Å². The molecule has 3 nitrogen and oxygen atoms in total. The highest BCUT2D eigenvalue weighted by Gasteiger charge is 2.30. The Bertz CT molecular complexity index is 552. The lowest BCUT2D eigenvalue weighted by Crippen LogP contribution is -2.17. The summed E-state index contributed by atoms with van der Waals surface area (Å²) in [6, 6.07) is 2.90. The smallest absolute Gasteiger partial charge is 0.0729 e. The van der Waals surface area contributed by atoms with Crippen molar-refractivity contribution in [3.63, 3.8) is 0 Å². The zero-order chi connectivity index (χ0) is 11.9. The molecule has 0 unspecified atom stereocenters. The van der Waals surface area contributed by atoms with Crippen LogP contribution in [0.1, 0.15) is 30.1 Å². The molecule has 0 amide bonds. The number of thiophene rings is 1. The van der Waals surface area contributed by atoms with Crippen LogP contribution in [0.25, 0.3) is 11.3 Å². The van der Waals surface area contributed by atoms with E-state index in [0.29, 0.717) is 6.04 Å². The van der Waals surface area contributed by atoms with Gasteiger partial charge in [-0.2, -0.15) is 16.4 Å². The van der Waals surface area contributed by atoms with Gasteiger partial charge in [0.1, 0.15) is 0 Å². The normalized spacial score (nSPS) is 19.6. The van der Waals surface area contributed by atoms with Crippen molar-refractivity contribution in [3.8, 4) is 11.3 Å². The topological polar surface area (TPSA) is 29.9 Å². The van der Waals surface area contributed by atoms with Gasteiger partial charge in [-0.25, -0.2) is 0 Å². The van der Waals surface area contributed by atoms with E-state index >= 15 is 0 Å². The van der Waals surface area contributed by atoms with Crippen molar-refractivity contribution < 1.29 is 0 Å². The minimum Gasteiger partial charge on any atom is -0.316 e. The predicted octanol–water partition coefficient (Wildman–Crippen LogP) is 2.63. The van der Waals surface area contributed by atoms with Gasteiger partial charge < -0.3 is 5.32 Å². The standard InChI is InChI=1S/C14H17N3S/c1-2-11(1)17-14(10-5-8-18-9-10)12-3-6-15-7-4-13(12)16-17/h5,8-9,11,15H,1-4,6-7H2. The predicted molar refractivity (Wildman–Crippen MR) is 74.1 cm³/mol. The molecule has 1 saturated carbocycles. The fourth-order valence-electron chi connectivity index (χ4n) is 2.81. The Morgan fingerprint density at radius 2 is 2.17 bits per heavy atom. The van der Waals surface area contributed by atoms with Gasteiger partial charge in [-0.3, -0.25) is 4.68 Å². The van der Waals surface area contributed by atoms with Gasteiger partial charge in [0.15, 0.2) is 0 Å². The van der Waals surface area contributed by atoms with Crippen molar-refractivity contribution in [1.82, 2.24) is 15.1 Å². The maximum Gasteiger partial charge on any atom is 0.0729 e. The molecule has 0 spiro atoms. The molecule has 3 heterocycles. The molecule has 1 fully saturated rings. The van der Waals surface area contributed by atoms with E-state index in [9.17, 15) is 0 Å². The van der Waals surface area contributed by atoms with E-state index in [1.54, 1.807) is 11.3 Å². The molecule has 2 aromatic rings. The van der Waals surface area contributed by atoms with Gasteiger partial charge in [0.05, 0.1) is 17.4 Å². The zero-order valence-corrected chi connectivity index (χ0v) is 11.2. The number of rotatable bonds is 2. The summed E-state index contributed by atoms with van der Waals surface area (Å²) in [7, 11) is 0. The molecule has 4 rings (SSSR count). The third-order valence-electron chi connectivity index (χ3n) is 3.87. The summed E-state index contributed by atoms with van der Waals surface area (Å²) in [6.45, 7) is 2.15. The molecule has 1 aliphatic heterocycles. The van der Waals surface area contributed by atoms with Crippen molar-refractivity contribution in [2.75, 3.05) is 13.1 Å². The molecule has 1 N–H and O–H groups in total. The maximum atomic E-state index is 4.91. The Hall–Kier alpha value is -1.13. The Balaban J connectivity index is 1.89. The van der Waals surface area contributed by atoms with Crippen LogP contribution in [-0.4, -0.2) is 22.9 Å². The molecular weight excluding hydrogens is 242 g/mol. The third-order valence-corrected chi connectivity index (χ3v) is 4.55. The van der Waals surface area contributed by atoms with Gasteiger partial charge in [-0.05, 0) is 37.3 Å². The number of nitrogens with one attached hydrogen (secondary N) is 1. The number of hydrogen-bond donors (Lipinski definition) is 1. The Labute approximate surface area is 111 Å². The van der Waals surface area contributed by atoms with E-state index in [-0.39, 0.29) is 0 Å². The fraction of sp³-hybridized carbons (Fsp3) is 0.500. The van der Waals surface area contributed by atoms with E-state index in [0.717, 1.165) is 25.9 Å². The van der Waals surface area contributed by atoms with Crippen molar-refractivity contribution in [3.05, 3.63) is 28.1 Å². The Morgan fingerprint density at radius 1 is 1.28 bits per heavy atom. The van der Waals surface area contributed by atoms with Crippen LogP contribution in [0.5, 0.6) is 0 Å². The average molecular weight is 259 g/mol. The maximum absolute atomic E-state index is 4.91. The summed E-state index contributed by atoms with van der Waals surface area (Å²) < 4.78 is 2.32. The first kappa shape index (κ1) is 10.8. The molecule has 18 heavy (non-hydrogen) atoms. The van der Waals surface area contributed by atoms with Crippen LogP contribution in [0.4, 0.5) is 0 Å². The molecule has 94 valence electrons. The lowest BCUT2D eigenvalue weighted by atomic mass is 10.0. The first-order valence-electron chi connectivity index (χ1n) is 6.77. The Morgan fingerprint density at radius 3 is 2.94 bits per heavy atom. The minimum absolute atomic E-state index is 0.666. The van der Waals surface area contributed by atoms with Crippen molar-refractivity contribution in [2.45, 2.75) is 31.7 Å². The van der Waals surface area contributed by atoms with Gasteiger partial charge in [-0.15, -0.1) is 0 Å². The molecule has 2 aromatic heterocycles. The number of nitrogens with zero attached hydrogens (tertiary/aromatic N) is 2. The van der Waals surface area contributed by atoms with Crippen LogP contribution < -0.4 is 5.32 Å². The van der Waals surface area contributed by atoms with Crippen molar-refractivity contribution in [1.29, 1.82) is 0 Å². The first-order chi connectivity index (χ1) is 8.93. The molecule has 0 saturated heterocycles. The number of aromatic nitrogens is 2. The van der Waals surface area contributed by atoms with E-state index in [1.165, 1.54) is 35.4 Å². The van der Waals surface area contributed by atoms with E-state index in [4.69, 9.17) is 5.10 Å². The SMILES string of the molecule is c1cc(-c2c3c(nn2C2CC2)CCNCC3)cs1. The molecule has 0 radical (unpaired) electrons. The summed E-state index contributed by atoms with van der Waals surface area (Å²) in [5.41, 5.74) is 5.58. The molecule has 2 aliphatic rings. The van der Waals surface area contributed by atoms with Crippen molar-refractivity contribution in [2.24, 2.45) is 0 Å². The van der Waals surface area contributed by atoms with Crippen LogP contribution >= 0.6 is 11.3 Å². The summed E-state index contributed by atoms with van der Waals surface area (Å²) in [4.78, 5) is 0. The van der Waals surface area contributed by atoms with Gasteiger partial charge in [0, 0.05) is 29.5 Å². The van der Waals surface area contributed by atoms with Gasteiger partial charge in [-0.1, -0.05) is 0 Å². The molecule has 0 bridgehead atoms. The second kappa shape index (κ2) is 4.21. The first-order valence-corrected chi connectivity index (χ1v) is 7.71. The second-order valence-corrected chi connectivity index (χ2v) is 5.99. The summed E-state index contributed by atoms with van der Waals surface area (Å²) in [5, 5.41) is 12.8. The zero-order valence-electron chi connectivity index (χ0n) is 10.4. The molecule has 0 aromatic carbocycles. The van der Waals surface area contributed by atoms with Crippen LogP contribution in [0.3, 0.4) is 0 Å². The van der Waals surface area contributed by atoms with Crippen molar-refractivity contribution >= 4 is 11.3 Å². The number of hydrogen-bond acceptors (Lipinski definition) is 3. The van der Waals surface area contributed by atoms with Crippen LogP contribution in [-0.2, 0) is 12.8 Å². The van der Waals surface area contributed by atoms with E-state index in [2.05, 4.69) is 26.8 Å². The lowest BCUT2D eigenvalue weighted by molar-refractivity contribution is 0.624. The summed E-state index contributed by atoms with van der Waals surface area (Å²) >= 11 is 1.78. The Kier molecular flexibility index (Phi) is 2.52. The molecule has 0 atom stereocenters. The van der Waals surface area contributed by atoms with E-state index in [1.807, 2.05) is 0 Å². The minimum atomic E-state index is 0.666. The second-order valence-electron chi connectivity index (χ2n) is 5.21. The van der Waals surface area contributed by atoms with Gasteiger partial charge >= 0.3 is 0 Å². The monoisotopic (exact) mass is 259 g/mol. The largest absolute Gasteiger partial charge is 0.316 e. The molecule has 1 aliphatic carbocycles.